The number of rotatable bonds is 9. The van der Waals surface area contributed by atoms with Crippen molar-refractivity contribution in [3.8, 4) is 0 Å². The largest absolute Gasteiger partial charge is 0.351 e. The van der Waals surface area contributed by atoms with Crippen LogP contribution in [-0.2, 0) is 15.8 Å². The van der Waals surface area contributed by atoms with Crippen molar-refractivity contribution in [2.24, 2.45) is 0 Å². The maximum Gasteiger partial charge on any atom is 0.262 e. The van der Waals surface area contributed by atoms with E-state index in [1.807, 2.05) is 44.2 Å². The first-order valence-electron chi connectivity index (χ1n) is 10.5. The molecule has 0 aliphatic heterocycles. The van der Waals surface area contributed by atoms with Gasteiger partial charge >= 0.3 is 0 Å². The molecule has 2 N–H and O–H groups in total. The van der Waals surface area contributed by atoms with Crippen molar-refractivity contribution in [2.45, 2.75) is 31.4 Å². The Morgan fingerprint density at radius 1 is 0.939 bits per heavy atom. The Morgan fingerprint density at radius 3 is 2.42 bits per heavy atom. The highest BCUT2D eigenvalue weighted by atomic mass is 35.5. The molecular weight excluding hydrogens is 476 g/mol. The van der Waals surface area contributed by atoms with Crippen LogP contribution in [0.4, 0.5) is 5.69 Å². The first-order valence-corrected chi connectivity index (χ1v) is 13.5. The number of hydrogen-bond donors (Lipinski definition) is 2. The molecular formula is C25H27ClN2O3S2. The summed E-state index contributed by atoms with van der Waals surface area (Å²) in [4.78, 5) is 12.7. The third-order valence-electron chi connectivity index (χ3n) is 5.19. The molecule has 3 aromatic rings. The molecule has 3 aromatic carbocycles. The molecule has 0 heterocycles. The van der Waals surface area contributed by atoms with Crippen LogP contribution >= 0.6 is 23.4 Å². The number of carbonyl (C=O) groups is 1. The van der Waals surface area contributed by atoms with Gasteiger partial charge in [0.2, 0.25) is 0 Å². The number of thioether (sulfide) groups is 1. The molecule has 0 atom stereocenters. The average Bonchev–Trinajstić information content (AvgIpc) is 2.76. The number of hydrogen-bond acceptors (Lipinski definition) is 4. The van der Waals surface area contributed by atoms with Gasteiger partial charge in [0.15, 0.2) is 0 Å². The predicted molar refractivity (Wildman–Crippen MR) is 138 cm³/mol. The lowest BCUT2D eigenvalue weighted by atomic mass is 10.1. The Hall–Kier alpha value is -2.48. The van der Waals surface area contributed by atoms with Crippen molar-refractivity contribution >= 4 is 45.0 Å². The normalized spacial score (nSPS) is 11.3. The van der Waals surface area contributed by atoms with Crippen LogP contribution in [0.5, 0.6) is 0 Å². The lowest BCUT2D eigenvalue weighted by Gasteiger charge is -2.13. The second-order valence-electron chi connectivity index (χ2n) is 7.82. The monoisotopic (exact) mass is 502 g/mol. The SMILES string of the molecule is Cc1ccc(NS(=O)(=O)c2cc(C(=O)NCCSCc3cccc(Cl)c3)ccc2C)cc1C. The summed E-state index contributed by atoms with van der Waals surface area (Å²) in [5.41, 5.74) is 4.57. The zero-order valence-electron chi connectivity index (χ0n) is 18.8. The summed E-state index contributed by atoms with van der Waals surface area (Å²) in [7, 11) is -3.84. The van der Waals surface area contributed by atoms with E-state index in [2.05, 4.69) is 10.0 Å². The van der Waals surface area contributed by atoms with Crippen LogP contribution in [0.2, 0.25) is 5.02 Å². The zero-order valence-corrected chi connectivity index (χ0v) is 21.2. The van der Waals surface area contributed by atoms with Gasteiger partial charge in [0.25, 0.3) is 15.9 Å². The first kappa shape index (κ1) is 25.1. The van der Waals surface area contributed by atoms with Crippen LogP contribution in [0.3, 0.4) is 0 Å². The minimum atomic E-state index is -3.84. The second kappa shape index (κ2) is 11.1. The van der Waals surface area contributed by atoms with Crippen molar-refractivity contribution in [3.63, 3.8) is 0 Å². The second-order valence-corrected chi connectivity index (χ2v) is 11.0. The number of aryl methyl sites for hydroxylation is 3. The Morgan fingerprint density at radius 2 is 1.70 bits per heavy atom. The van der Waals surface area contributed by atoms with E-state index in [4.69, 9.17) is 11.6 Å². The molecule has 174 valence electrons. The minimum absolute atomic E-state index is 0.0868. The summed E-state index contributed by atoms with van der Waals surface area (Å²) in [5, 5.41) is 3.56. The smallest absolute Gasteiger partial charge is 0.262 e. The van der Waals surface area contributed by atoms with Gasteiger partial charge in [0.1, 0.15) is 0 Å². The van der Waals surface area contributed by atoms with Crippen LogP contribution in [0, 0.1) is 20.8 Å². The van der Waals surface area contributed by atoms with E-state index >= 15 is 0 Å². The van der Waals surface area contributed by atoms with Crippen LogP contribution in [0.1, 0.15) is 32.6 Å². The number of benzene rings is 3. The summed E-state index contributed by atoms with van der Waals surface area (Å²) in [6.07, 6.45) is 0. The fourth-order valence-electron chi connectivity index (χ4n) is 3.20. The van der Waals surface area contributed by atoms with Crippen molar-refractivity contribution in [3.05, 3.63) is 93.5 Å². The van der Waals surface area contributed by atoms with Crippen molar-refractivity contribution < 1.29 is 13.2 Å². The van der Waals surface area contributed by atoms with Gasteiger partial charge in [-0.15, -0.1) is 0 Å². The molecule has 3 rings (SSSR count). The third-order valence-corrected chi connectivity index (χ3v) is 7.98. The lowest BCUT2D eigenvalue weighted by molar-refractivity contribution is 0.0956. The number of carbonyl (C=O) groups excluding carboxylic acids is 1. The fourth-order valence-corrected chi connectivity index (χ4v) is 5.54. The number of halogens is 1. The maximum atomic E-state index is 13.0. The Balaban J connectivity index is 1.61. The Labute approximate surface area is 205 Å². The highest BCUT2D eigenvalue weighted by molar-refractivity contribution is 7.98. The molecule has 33 heavy (non-hydrogen) atoms. The Bertz CT molecular complexity index is 1260. The van der Waals surface area contributed by atoms with Gasteiger partial charge in [-0.25, -0.2) is 8.42 Å². The molecule has 0 unspecified atom stereocenters. The number of sulfonamides is 1. The summed E-state index contributed by atoms with van der Waals surface area (Å²) >= 11 is 7.68. The van der Waals surface area contributed by atoms with Crippen LogP contribution < -0.4 is 10.0 Å². The third kappa shape index (κ3) is 7.00. The summed E-state index contributed by atoms with van der Waals surface area (Å²) in [6.45, 7) is 6.08. The van der Waals surface area contributed by atoms with Crippen LogP contribution in [0.25, 0.3) is 0 Å². The molecule has 0 radical (unpaired) electrons. The van der Waals surface area contributed by atoms with Gasteiger partial charge in [-0.3, -0.25) is 9.52 Å². The molecule has 5 nitrogen and oxygen atoms in total. The van der Waals surface area contributed by atoms with E-state index in [0.717, 1.165) is 28.2 Å². The van der Waals surface area contributed by atoms with Gasteiger partial charge in [0, 0.05) is 34.3 Å². The van der Waals surface area contributed by atoms with E-state index in [1.165, 1.54) is 6.07 Å². The molecule has 0 aliphatic rings. The number of amides is 1. The van der Waals surface area contributed by atoms with Crippen molar-refractivity contribution in [1.82, 2.24) is 5.32 Å². The number of nitrogens with one attached hydrogen (secondary N) is 2. The summed E-state index contributed by atoms with van der Waals surface area (Å²) in [6, 6.07) is 17.8. The summed E-state index contributed by atoms with van der Waals surface area (Å²) in [5.74, 6) is 1.22. The average molecular weight is 503 g/mol. The molecule has 8 heteroatoms. The predicted octanol–water partition coefficient (Wildman–Crippen LogP) is 5.73. The van der Waals surface area contributed by atoms with E-state index in [-0.39, 0.29) is 10.8 Å². The van der Waals surface area contributed by atoms with Gasteiger partial charge in [-0.1, -0.05) is 35.9 Å². The first-order chi connectivity index (χ1) is 15.7. The lowest BCUT2D eigenvalue weighted by Crippen LogP contribution is -2.26. The van der Waals surface area contributed by atoms with Crippen LogP contribution in [-0.4, -0.2) is 26.6 Å². The number of anilines is 1. The van der Waals surface area contributed by atoms with E-state index in [0.29, 0.717) is 28.4 Å². The standard InChI is InChI=1S/C25H27ClN2O3S2/c1-17-8-10-23(13-19(17)3)28-33(30,31)24-15-21(9-7-18(24)2)25(29)27-11-12-32-16-20-5-4-6-22(26)14-20/h4-10,13-15,28H,11-12,16H2,1-3H3,(H,27,29). The van der Waals surface area contributed by atoms with Crippen molar-refractivity contribution in [2.75, 3.05) is 17.0 Å². The highest BCUT2D eigenvalue weighted by Gasteiger charge is 2.19. The molecule has 0 aromatic heterocycles. The topological polar surface area (TPSA) is 75.3 Å². The van der Waals surface area contributed by atoms with Crippen molar-refractivity contribution in [1.29, 1.82) is 0 Å². The van der Waals surface area contributed by atoms with Gasteiger partial charge in [-0.2, -0.15) is 11.8 Å². The van der Waals surface area contributed by atoms with Crippen LogP contribution in [0.15, 0.2) is 65.6 Å². The van der Waals surface area contributed by atoms with Gasteiger partial charge in [0.05, 0.1) is 4.90 Å². The maximum absolute atomic E-state index is 13.0. The summed E-state index contributed by atoms with van der Waals surface area (Å²) < 4.78 is 28.6. The van der Waals surface area contributed by atoms with E-state index < -0.39 is 10.0 Å². The van der Waals surface area contributed by atoms with E-state index in [9.17, 15) is 13.2 Å². The fraction of sp³-hybridized carbons (Fsp3) is 0.240. The van der Waals surface area contributed by atoms with E-state index in [1.54, 1.807) is 43.0 Å². The van der Waals surface area contributed by atoms with Gasteiger partial charge < -0.3 is 5.32 Å². The molecule has 1 amide bonds. The quantitative estimate of drug-likeness (QED) is 0.366. The highest BCUT2D eigenvalue weighted by Crippen LogP contribution is 2.22. The molecule has 0 fully saturated rings. The zero-order chi connectivity index (χ0) is 24.0. The molecule has 0 saturated carbocycles. The molecule has 0 bridgehead atoms. The molecule has 0 aliphatic carbocycles. The Kier molecular flexibility index (Phi) is 8.46. The van der Waals surface area contributed by atoms with Gasteiger partial charge in [-0.05, 0) is 79.4 Å². The minimum Gasteiger partial charge on any atom is -0.351 e. The molecule has 0 saturated heterocycles. The molecule has 0 spiro atoms.